The van der Waals surface area contributed by atoms with Gasteiger partial charge in [0.15, 0.2) is 18.1 Å². The number of methoxy groups -OCH3 is 4. The van der Waals surface area contributed by atoms with Gasteiger partial charge in [-0.25, -0.2) is 0 Å². The number of carbonyl (C=O) groups excluding carboxylic acids is 2. The molecule has 0 radical (unpaired) electrons. The predicted octanol–water partition coefficient (Wildman–Crippen LogP) is 3.71. The molecule has 0 atom stereocenters. The summed E-state index contributed by atoms with van der Waals surface area (Å²) < 4.78 is 26.6. The van der Waals surface area contributed by atoms with Crippen molar-refractivity contribution in [2.75, 3.05) is 46.9 Å². The van der Waals surface area contributed by atoms with Crippen molar-refractivity contribution in [1.82, 2.24) is 5.32 Å². The maximum Gasteiger partial charge on any atom is 0.262 e. The lowest BCUT2D eigenvalue weighted by Gasteiger charge is -2.13. The normalized spacial score (nSPS) is 10.2. The molecule has 0 unspecified atom stereocenters. The maximum absolute atomic E-state index is 12.8. The van der Waals surface area contributed by atoms with Gasteiger partial charge in [0.2, 0.25) is 0 Å². The zero-order valence-corrected chi connectivity index (χ0v) is 20.8. The van der Waals surface area contributed by atoms with Gasteiger partial charge in [-0.2, -0.15) is 0 Å². The molecule has 2 N–H and O–H groups in total. The van der Waals surface area contributed by atoms with Crippen LogP contribution < -0.4 is 34.3 Å². The lowest BCUT2D eigenvalue weighted by molar-refractivity contribution is -0.118. The third-order valence-electron chi connectivity index (χ3n) is 5.29. The minimum absolute atomic E-state index is 0.258. The van der Waals surface area contributed by atoms with Crippen molar-refractivity contribution in [2.45, 2.75) is 6.42 Å². The molecule has 0 aliphatic carbocycles. The number of ether oxygens (including phenoxy) is 5. The molecule has 0 saturated heterocycles. The average Bonchev–Trinajstić information content (AvgIpc) is 2.91. The van der Waals surface area contributed by atoms with E-state index in [1.807, 2.05) is 18.2 Å². The molecule has 3 aromatic carbocycles. The molecule has 0 aromatic heterocycles. The minimum Gasteiger partial charge on any atom is -0.496 e. The molecule has 0 aliphatic rings. The molecule has 36 heavy (non-hydrogen) atoms. The Morgan fingerprint density at radius 2 is 1.42 bits per heavy atom. The van der Waals surface area contributed by atoms with Gasteiger partial charge in [-0.1, -0.05) is 18.2 Å². The molecule has 3 rings (SSSR count). The van der Waals surface area contributed by atoms with Gasteiger partial charge in [0.05, 0.1) is 39.7 Å². The summed E-state index contributed by atoms with van der Waals surface area (Å²) in [5, 5.41) is 5.63. The van der Waals surface area contributed by atoms with Crippen LogP contribution in [0.3, 0.4) is 0 Å². The molecule has 0 fully saturated rings. The Hall–Kier alpha value is -4.40. The van der Waals surface area contributed by atoms with E-state index in [-0.39, 0.29) is 12.5 Å². The second-order valence-electron chi connectivity index (χ2n) is 7.63. The topological polar surface area (TPSA) is 104 Å². The van der Waals surface area contributed by atoms with E-state index >= 15 is 0 Å². The second kappa shape index (κ2) is 12.9. The van der Waals surface area contributed by atoms with E-state index in [1.54, 1.807) is 56.7 Å². The largest absolute Gasteiger partial charge is 0.496 e. The van der Waals surface area contributed by atoms with Crippen LogP contribution in [0.5, 0.6) is 28.7 Å². The Kier molecular flexibility index (Phi) is 9.39. The molecule has 0 heterocycles. The van der Waals surface area contributed by atoms with Crippen molar-refractivity contribution < 1.29 is 33.3 Å². The number of hydrogen-bond acceptors (Lipinski definition) is 7. The van der Waals surface area contributed by atoms with Crippen LogP contribution in [0.4, 0.5) is 5.69 Å². The predicted molar refractivity (Wildman–Crippen MR) is 136 cm³/mol. The molecule has 0 spiro atoms. The summed E-state index contributed by atoms with van der Waals surface area (Å²) >= 11 is 0. The zero-order valence-electron chi connectivity index (χ0n) is 20.8. The molecule has 9 nitrogen and oxygen atoms in total. The lowest BCUT2D eigenvalue weighted by atomic mass is 10.1. The first kappa shape index (κ1) is 26.2. The minimum atomic E-state index is -0.414. The first-order valence-corrected chi connectivity index (χ1v) is 11.2. The molecule has 3 aromatic rings. The van der Waals surface area contributed by atoms with Crippen molar-refractivity contribution in [1.29, 1.82) is 0 Å². The molecule has 0 bridgehead atoms. The van der Waals surface area contributed by atoms with Gasteiger partial charge in [0.1, 0.15) is 17.2 Å². The molecule has 0 saturated carbocycles. The Morgan fingerprint density at radius 3 is 2.08 bits per heavy atom. The van der Waals surface area contributed by atoms with Gasteiger partial charge >= 0.3 is 0 Å². The van der Waals surface area contributed by atoms with Crippen molar-refractivity contribution >= 4 is 17.5 Å². The van der Waals surface area contributed by atoms with E-state index in [4.69, 9.17) is 23.7 Å². The molecule has 2 amide bonds. The van der Waals surface area contributed by atoms with E-state index in [0.717, 1.165) is 5.56 Å². The Morgan fingerprint density at radius 1 is 0.750 bits per heavy atom. The SMILES string of the molecule is COc1cc(OC)cc(OCC(=O)Nc2ccccc2C(=O)NCCc2ccc(OC)c(OC)c2)c1. The van der Waals surface area contributed by atoms with Crippen molar-refractivity contribution in [2.24, 2.45) is 0 Å². The lowest BCUT2D eigenvalue weighted by Crippen LogP contribution is -2.28. The number of hydrogen-bond donors (Lipinski definition) is 2. The number of rotatable bonds is 12. The number of amides is 2. The van der Waals surface area contributed by atoms with Crippen LogP contribution in [0.25, 0.3) is 0 Å². The van der Waals surface area contributed by atoms with Crippen LogP contribution in [-0.2, 0) is 11.2 Å². The van der Waals surface area contributed by atoms with Gasteiger partial charge in [0, 0.05) is 24.7 Å². The Labute approximate surface area is 210 Å². The molecular weight excluding hydrogens is 464 g/mol. The summed E-state index contributed by atoms with van der Waals surface area (Å²) in [6.07, 6.45) is 0.596. The Balaban J connectivity index is 1.57. The van der Waals surface area contributed by atoms with Crippen LogP contribution in [0, 0.1) is 0 Å². The summed E-state index contributed by atoms with van der Waals surface area (Å²) in [4.78, 5) is 25.3. The van der Waals surface area contributed by atoms with Gasteiger partial charge in [-0.3, -0.25) is 9.59 Å². The van der Waals surface area contributed by atoms with Crippen molar-refractivity contribution in [3.05, 3.63) is 71.8 Å². The standard InChI is InChI=1S/C27H30N2O7/c1-32-19-14-20(33-2)16-21(15-19)36-17-26(30)29-23-8-6-5-7-22(23)27(31)28-12-11-18-9-10-24(34-3)25(13-18)35-4/h5-10,13-16H,11-12,17H2,1-4H3,(H,28,31)(H,29,30). The van der Waals surface area contributed by atoms with Gasteiger partial charge in [-0.15, -0.1) is 0 Å². The van der Waals surface area contributed by atoms with E-state index < -0.39 is 5.91 Å². The fourth-order valence-electron chi connectivity index (χ4n) is 3.44. The van der Waals surface area contributed by atoms with Crippen LogP contribution >= 0.6 is 0 Å². The highest BCUT2D eigenvalue weighted by Gasteiger charge is 2.14. The summed E-state index contributed by atoms with van der Waals surface area (Å²) in [6.45, 7) is 0.142. The highest BCUT2D eigenvalue weighted by atomic mass is 16.5. The number of anilines is 1. The highest BCUT2D eigenvalue weighted by molar-refractivity contribution is 6.04. The van der Waals surface area contributed by atoms with Gasteiger partial charge < -0.3 is 34.3 Å². The highest BCUT2D eigenvalue weighted by Crippen LogP contribution is 2.28. The fourth-order valence-corrected chi connectivity index (χ4v) is 3.44. The summed E-state index contributed by atoms with van der Waals surface area (Å²) in [7, 11) is 6.21. The van der Waals surface area contributed by atoms with Crippen molar-refractivity contribution in [3.63, 3.8) is 0 Å². The molecule has 190 valence electrons. The summed E-state index contributed by atoms with van der Waals surface area (Å²) in [5.74, 6) is 2.06. The maximum atomic E-state index is 12.8. The zero-order chi connectivity index (χ0) is 25.9. The molecular formula is C27H30N2O7. The second-order valence-corrected chi connectivity index (χ2v) is 7.63. The van der Waals surface area contributed by atoms with E-state index in [0.29, 0.717) is 53.0 Å². The quantitative estimate of drug-likeness (QED) is 0.396. The number of para-hydroxylation sites is 1. The van der Waals surface area contributed by atoms with E-state index in [2.05, 4.69) is 10.6 Å². The van der Waals surface area contributed by atoms with E-state index in [1.165, 1.54) is 14.2 Å². The van der Waals surface area contributed by atoms with Crippen LogP contribution in [0.2, 0.25) is 0 Å². The fraction of sp³-hybridized carbons (Fsp3) is 0.259. The van der Waals surface area contributed by atoms with Gasteiger partial charge in [-0.05, 0) is 36.2 Å². The smallest absolute Gasteiger partial charge is 0.262 e. The average molecular weight is 495 g/mol. The van der Waals surface area contributed by atoms with E-state index in [9.17, 15) is 9.59 Å². The van der Waals surface area contributed by atoms with Crippen molar-refractivity contribution in [3.8, 4) is 28.7 Å². The van der Waals surface area contributed by atoms with Gasteiger partial charge in [0.25, 0.3) is 11.8 Å². The van der Waals surface area contributed by atoms with Crippen LogP contribution in [0.1, 0.15) is 15.9 Å². The summed E-state index contributed by atoms with van der Waals surface area (Å²) in [5.41, 5.74) is 1.72. The first-order chi connectivity index (χ1) is 17.5. The number of benzene rings is 3. The summed E-state index contributed by atoms with van der Waals surface area (Å²) in [6, 6.07) is 17.4. The third kappa shape index (κ3) is 7.05. The van der Waals surface area contributed by atoms with Crippen LogP contribution in [-0.4, -0.2) is 53.4 Å². The molecule has 9 heteroatoms. The monoisotopic (exact) mass is 494 g/mol. The molecule has 0 aliphatic heterocycles. The number of carbonyl (C=O) groups is 2. The third-order valence-corrected chi connectivity index (χ3v) is 5.29. The number of nitrogens with one attached hydrogen (secondary N) is 2. The Bertz CT molecular complexity index is 1170. The van der Waals surface area contributed by atoms with Crippen LogP contribution in [0.15, 0.2) is 60.7 Å². The first-order valence-electron chi connectivity index (χ1n) is 11.2.